The maximum Gasteiger partial charge on any atom is 0.337 e. The minimum atomic E-state index is -0.571. The van der Waals surface area contributed by atoms with Crippen molar-refractivity contribution >= 4 is 34.7 Å². The Labute approximate surface area is 174 Å². The Balaban J connectivity index is 2.11. The fraction of sp³-hybridized carbons (Fsp3) is 0.238. The number of nitrogens with one attached hydrogen (secondary N) is 1. The number of thiocarbonyl (C=S) groups is 1. The summed E-state index contributed by atoms with van der Waals surface area (Å²) in [5.74, 6) is -0.491. The molecule has 8 heteroatoms. The van der Waals surface area contributed by atoms with Gasteiger partial charge >= 0.3 is 5.97 Å². The zero-order chi connectivity index (χ0) is 21.3. The average Bonchev–Trinajstić information content (AvgIpc) is 2.69. The Hall–Kier alpha value is -3.26. The maximum atomic E-state index is 12.6. The highest BCUT2D eigenvalue weighted by molar-refractivity contribution is 7.80. The highest BCUT2D eigenvalue weighted by atomic mass is 32.1. The van der Waals surface area contributed by atoms with E-state index < -0.39 is 16.9 Å². The van der Waals surface area contributed by atoms with Crippen molar-refractivity contribution in [3.63, 3.8) is 0 Å². The second kappa shape index (κ2) is 8.00. The first-order valence-corrected chi connectivity index (χ1v) is 9.36. The van der Waals surface area contributed by atoms with E-state index in [0.29, 0.717) is 21.9 Å². The number of anilines is 1. The molecular weight excluding hydrogens is 390 g/mol. The largest absolute Gasteiger partial charge is 0.466 e. The molecule has 1 atom stereocenters. The number of carbonyl (C=O) groups is 1. The van der Waals surface area contributed by atoms with E-state index in [1.807, 2.05) is 39.0 Å². The quantitative estimate of drug-likeness (QED) is 0.351. The van der Waals surface area contributed by atoms with E-state index in [2.05, 4.69) is 5.32 Å². The number of esters is 1. The molecule has 0 saturated carbocycles. The summed E-state index contributed by atoms with van der Waals surface area (Å²) in [6.45, 7) is 5.85. The van der Waals surface area contributed by atoms with Gasteiger partial charge in [0.2, 0.25) is 0 Å². The second-order valence-corrected chi connectivity index (χ2v) is 7.21. The Morgan fingerprint density at radius 3 is 2.34 bits per heavy atom. The summed E-state index contributed by atoms with van der Waals surface area (Å²) in [7, 11) is 1.32. The SMILES string of the molecule is COC(=O)C1=C(C)N(c2ccc(C)c(C)c2)C(=S)N[C@@H]1c1ccc([N+](=O)[O-])cc1. The third kappa shape index (κ3) is 3.84. The van der Waals surface area contributed by atoms with Gasteiger partial charge in [-0.3, -0.25) is 15.0 Å². The van der Waals surface area contributed by atoms with Gasteiger partial charge in [-0.1, -0.05) is 6.07 Å². The van der Waals surface area contributed by atoms with Crippen molar-refractivity contribution in [2.75, 3.05) is 12.0 Å². The maximum absolute atomic E-state index is 12.6. The van der Waals surface area contributed by atoms with E-state index in [1.54, 1.807) is 17.0 Å². The van der Waals surface area contributed by atoms with Crippen LogP contribution in [0.5, 0.6) is 0 Å². The number of rotatable bonds is 4. The van der Waals surface area contributed by atoms with Crippen LogP contribution in [0.4, 0.5) is 11.4 Å². The zero-order valence-electron chi connectivity index (χ0n) is 16.6. The van der Waals surface area contributed by atoms with Crippen molar-refractivity contribution in [1.82, 2.24) is 5.32 Å². The number of nitro groups is 1. The normalized spacial score (nSPS) is 16.5. The number of nitro benzene ring substituents is 1. The van der Waals surface area contributed by atoms with Gasteiger partial charge in [-0.15, -0.1) is 0 Å². The number of ether oxygens (including phenoxy) is 1. The van der Waals surface area contributed by atoms with Gasteiger partial charge in [0.15, 0.2) is 5.11 Å². The van der Waals surface area contributed by atoms with Crippen molar-refractivity contribution in [3.8, 4) is 0 Å². The van der Waals surface area contributed by atoms with E-state index in [0.717, 1.165) is 16.8 Å². The van der Waals surface area contributed by atoms with Gasteiger partial charge in [-0.2, -0.15) is 0 Å². The van der Waals surface area contributed by atoms with Crippen LogP contribution < -0.4 is 10.2 Å². The summed E-state index contributed by atoms with van der Waals surface area (Å²) in [6.07, 6.45) is 0. The Bertz CT molecular complexity index is 1030. The number of carbonyl (C=O) groups excluding carboxylic acids is 1. The monoisotopic (exact) mass is 411 g/mol. The Morgan fingerprint density at radius 2 is 1.79 bits per heavy atom. The van der Waals surface area contributed by atoms with Crippen molar-refractivity contribution in [3.05, 3.63) is 80.5 Å². The molecule has 0 saturated heterocycles. The van der Waals surface area contributed by atoms with E-state index in [1.165, 1.54) is 19.2 Å². The number of non-ortho nitro benzene ring substituents is 1. The fourth-order valence-corrected chi connectivity index (χ4v) is 3.69. The molecule has 2 aromatic rings. The molecule has 0 aromatic heterocycles. The first-order valence-electron chi connectivity index (χ1n) is 8.96. The number of benzene rings is 2. The molecule has 1 aliphatic heterocycles. The smallest absolute Gasteiger partial charge is 0.337 e. The molecule has 0 amide bonds. The van der Waals surface area contributed by atoms with Crippen LogP contribution in [-0.2, 0) is 9.53 Å². The number of aryl methyl sites for hydroxylation is 2. The predicted molar refractivity (Wildman–Crippen MR) is 115 cm³/mol. The standard InChI is InChI=1S/C21H21N3O4S/c1-12-5-8-17(11-13(12)2)23-14(3)18(20(25)28-4)19(22-21(23)29)15-6-9-16(10-7-15)24(26)27/h5-11,19H,1-4H3,(H,22,29)/t19-/m1/s1. The number of nitrogens with zero attached hydrogens (tertiary/aromatic N) is 2. The lowest BCUT2D eigenvalue weighted by molar-refractivity contribution is -0.384. The van der Waals surface area contributed by atoms with Crippen LogP contribution in [0.2, 0.25) is 0 Å². The van der Waals surface area contributed by atoms with Crippen LogP contribution in [0, 0.1) is 24.0 Å². The Morgan fingerprint density at radius 1 is 1.14 bits per heavy atom. The lowest BCUT2D eigenvalue weighted by Crippen LogP contribution is -2.48. The fourth-order valence-electron chi connectivity index (χ4n) is 3.33. The van der Waals surface area contributed by atoms with E-state index in [4.69, 9.17) is 17.0 Å². The van der Waals surface area contributed by atoms with Gasteiger partial charge in [-0.25, -0.2) is 4.79 Å². The number of methoxy groups -OCH3 is 1. The summed E-state index contributed by atoms with van der Waals surface area (Å²) in [5.41, 5.74) is 4.80. The van der Waals surface area contributed by atoms with Crippen LogP contribution in [0.15, 0.2) is 53.7 Å². The number of hydrogen-bond acceptors (Lipinski definition) is 5. The molecular formula is C21H21N3O4S. The highest BCUT2D eigenvalue weighted by Gasteiger charge is 2.35. The molecule has 2 aromatic carbocycles. The summed E-state index contributed by atoms with van der Waals surface area (Å²) in [6, 6.07) is 11.4. The minimum Gasteiger partial charge on any atom is -0.466 e. The molecule has 1 heterocycles. The molecule has 1 N–H and O–H groups in total. The highest BCUT2D eigenvalue weighted by Crippen LogP contribution is 2.35. The van der Waals surface area contributed by atoms with Crippen LogP contribution in [-0.4, -0.2) is 23.1 Å². The molecule has 7 nitrogen and oxygen atoms in total. The molecule has 1 aliphatic rings. The molecule has 0 aliphatic carbocycles. The number of hydrogen-bond donors (Lipinski definition) is 1. The molecule has 3 rings (SSSR count). The lowest BCUT2D eigenvalue weighted by atomic mass is 9.94. The van der Waals surface area contributed by atoms with Gasteiger partial charge in [0.05, 0.1) is 23.6 Å². The van der Waals surface area contributed by atoms with Gasteiger partial charge in [0, 0.05) is 23.5 Å². The van der Waals surface area contributed by atoms with Crippen molar-refractivity contribution in [2.24, 2.45) is 0 Å². The molecule has 0 radical (unpaired) electrons. The molecule has 0 fully saturated rings. The van der Waals surface area contributed by atoms with Gasteiger partial charge in [0.1, 0.15) is 0 Å². The summed E-state index contributed by atoms with van der Waals surface area (Å²) in [5, 5.41) is 14.6. The summed E-state index contributed by atoms with van der Waals surface area (Å²) in [4.78, 5) is 24.9. The van der Waals surface area contributed by atoms with Crippen LogP contribution >= 0.6 is 12.2 Å². The zero-order valence-corrected chi connectivity index (χ0v) is 17.4. The molecule has 0 spiro atoms. The minimum absolute atomic E-state index is 0.0239. The summed E-state index contributed by atoms with van der Waals surface area (Å²) < 4.78 is 5.02. The third-order valence-corrected chi connectivity index (χ3v) is 5.38. The lowest BCUT2D eigenvalue weighted by Gasteiger charge is -2.37. The van der Waals surface area contributed by atoms with E-state index in [9.17, 15) is 14.9 Å². The average molecular weight is 411 g/mol. The number of allylic oxidation sites excluding steroid dienone is 1. The van der Waals surface area contributed by atoms with Gasteiger partial charge in [0.25, 0.3) is 5.69 Å². The second-order valence-electron chi connectivity index (χ2n) is 6.83. The van der Waals surface area contributed by atoms with Crippen LogP contribution in [0.1, 0.15) is 29.7 Å². The molecule has 0 bridgehead atoms. The van der Waals surface area contributed by atoms with Crippen LogP contribution in [0.3, 0.4) is 0 Å². The topological polar surface area (TPSA) is 84.7 Å². The molecule has 150 valence electrons. The van der Waals surface area contributed by atoms with E-state index >= 15 is 0 Å². The van der Waals surface area contributed by atoms with Gasteiger partial charge in [-0.05, 0) is 73.9 Å². The Kier molecular flexibility index (Phi) is 5.65. The van der Waals surface area contributed by atoms with Gasteiger partial charge < -0.3 is 10.1 Å². The summed E-state index contributed by atoms with van der Waals surface area (Å²) >= 11 is 5.60. The van der Waals surface area contributed by atoms with Crippen molar-refractivity contribution < 1.29 is 14.5 Å². The molecule has 0 unspecified atom stereocenters. The van der Waals surface area contributed by atoms with Crippen LogP contribution in [0.25, 0.3) is 0 Å². The first kappa shape index (κ1) is 20.5. The molecule has 29 heavy (non-hydrogen) atoms. The van der Waals surface area contributed by atoms with Crippen molar-refractivity contribution in [1.29, 1.82) is 0 Å². The predicted octanol–water partition coefficient (Wildman–Crippen LogP) is 4.09. The third-order valence-electron chi connectivity index (χ3n) is 5.08. The van der Waals surface area contributed by atoms with Crippen molar-refractivity contribution in [2.45, 2.75) is 26.8 Å². The first-order chi connectivity index (χ1) is 13.7. The van der Waals surface area contributed by atoms with E-state index in [-0.39, 0.29) is 5.69 Å².